The van der Waals surface area contributed by atoms with Crippen molar-refractivity contribution in [2.45, 2.75) is 19.1 Å². The lowest BCUT2D eigenvalue weighted by molar-refractivity contribution is -0.384. The van der Waals surface area contributed by atoms with Gasteiger partial charge in [0.15, 0.2) is 0 Å². The smallest absolute Gasteiger partial charge is 0.416 e. The Kier molecular flexibility index (Phi) is 4.66. The molecule has 4 aromatic rings. The van der Waals surface area contributed by atoms with Gasteiger partial charge in [-0.15, -0.1) is 0 Å². The van der Waals surface area contributed by atoms with Crippen molar-refractivity contribution >= 4 is 28.2 Å². The highest BCUT2D eigenvalue weighted by Crippen LogP contribution is 2.33. The fourth-order valence-electron chi connectivity index (χ4n) is 3.84. The summed E-state index contributed by atoms with van der Waals surface area (Å²) in [6.45, 7) is 0.361. The molecule has 0 saturated heterocycles. The molecule has 0 atom stereocenters. The van der Waals surface area contributed by atoms with Crippen LogP contribution < -0.4 is 5.56 Å². The van der Waals surface area contributed by atoms with Crippen LogP contribution in [0, 0.1) is 10.1 Å². The lowest BCUT2D eigenvalue weighted by Crippen LogP contribution is -2.21. The van der Waals surface area contributed by atoms with E-state index in [0.717, 1.165) is 18.2 Å². The van der Waals surface area contributed by atoms with Crippen LogP contribution in [-0.2, 0) is 12.7 Å². The molecule has 33 heavy (non-hydrogen) atoms. The number of alkyl halides is 3. The van der Waals surface area contributed by atoms with Crippen molar-refractivity contribution in [3.05, 3.63) is 92.2 Å². The Balaban J connectivity index is 1.52. The summed E-state index contributed by atoms with van der Waals surface area (Å²) >= 11 is 0. The van der Waals surface area contributed by atoms with Crippen LogP contribution in [-0.4, -0.2) is 14.5 Å². The van der Waals surface area contributed by atoms with Crippen molar-refractivity contribution in [1.29, 1.82) is 0 Å². The number of non-ortho nitro benzene ring substituents is 1. The van der Waals surface area contributed by atoms with Gasteiger partial charge in [-0.1, -0.05) is 0 Å². The van der Waals surface area contributed by atoms with E-state index in [1.807, 2.05) is 0 Å². The highest BCUT2D eigenvalue weighted by Gasteiger charge is 2.31. The second kappa shape index (κ2) is 7.44. The Morgan fingerprint density at radius 3 is 2.55 bits per heavy atom. The molecule has 0 bridgehead atoms. The molecule has 1 aliphatic heterocycles. The average molecular weight is 453 g/mol. The zero-order chi connectivity index (χ0) is 23.3. The first kappa shape index (κ1) is 20.7. The third kappa shape index (κ3) is 3.69. The largest absolute Gasteiger partial charge is 0.457 e. The monoisotopic (exact) mass is 453 g/mol. The summed E-state index contributed by atoms with van der Waals surface area (Å²) in [5, 5.41) is 10.9. The van der Waals surface area contributed by atoms with Crippen molar-refractivity contribution in [2.75, 3.05) is 0 Å². The van der Waals surface area contributed by atoms with E-state index in [0.29, 0.717) is 41.4 Å². The summed E-state index contributed by atoms with van der Waals surface area (Å²) in [6.07, 6.45) is -2.37. The first-order valence-electron chi connectivity index (χ1n) is 9.88. The first-order chi connectivity index (χ1) is 15.7. The van der Waals surface area contributed by atoms with Crippen molar-refractivity contribution in [1.82, 2.24) is 9.55 Å². The minimum Gasteiger partial charge on any atom is -0.457 e. The van der Waals surface area contributed by atoms with Crippen molar-refractivity contribution < 1.29 is 22.5 Å². The van der Waals surface area contributed by atoms with E-state index in [2.05, 4.69) is 4.98 Å². The minimum absolute atomic E-state index is 0.0140. The number of furan rings is 1. The number of benzene rings is 2. The molecular weight excluding hydrogens is 439 g/mol. The Morgan fingerprint density at radius 1 is 1.09 bits per heavy atom. The maximum atomic E-state index is 13.1. The quantitative estimate of drug-likeness (QED) is 0.301. The molecule has 166 valence electrons. The van der Waals surface area contributed by atoms with Gasteiger partial charge in [0.1, 0.15) is 17.3 Å². The SMILES string of the molecule is O=c1c2ccc(C(F)(F)F)cc2nc2n1CC/C2=C\c1ccc(-c2ccc([N+](=O)[O-])cc2)o1. The Morgan fingerprint density at radius 2 is 1.85 bits per heavy atom. The molecule has 0 amide bonds. The third-order valence-corrected chi connectivity index (χ3v) is 5.48. The first-order valence-corrected chi connectivity index (χ1v) is 9.88. The molecule has 0 radical (unpaired) electrons. The summed E-state index contributed by atoms with van der Waals surface area (Å²) in [5.74, 6) is 1.26. The number of hydrogen-bond donors (Lipinski definition) is 0. The zero-order valence-electron chi connectivity index (χ0n) is 16.8. The van der Waals surface area contributed by atoms with Crippen molar-refractivity contribution in [2.24, 2.45) is 0 Å². The Bertz CT molecular complexity index is 1500. The summed E-state index contributed by atoms with van der Waals surface area (Å²) in [4.78, 5) is 27.5. The highest BCUT2D eigenvalue weighted by molar-refractivity contribution is 5.84. The minimum atomic E-state index is -4.54. The van der Waals surface area contributed by atoms with Gasteiger partial charge >= 0.3 is 6.18 Å². The molecule has 0 saturated carbocycles. The molecule has 7 nitrogen and oxygen atoms in total. The molecule has 0 spiro atoms. The highest BCUT2D eigenvalue weighted by atomic mass is 19.4. The van der Waals surface area contributed by atoms with Crippen LogP contribution in [0.25, 0.3) is 33.9 Å². The molecule has 5 rings (SSSR count). The Hall–Kier alpha value is -4.21. The molecule has 0 aliphatic carbocycles. The lowest BCUT2D eigenvalue weighted by Gasteiger charge is -2.09. The van der Waals surface area contributed by atoms with E-state index in [9.17, 15) is 28.1 Å². The van der Waals surface area contributed by atoms with E-state index in [1.165, 1.54) is 16.7 Å². The van der Waals surface area contributed by atoms with E-state index in [1.54, 1.807) is 30.3 Å². The zero-order valence-corrected chi connectivity index (χ0v) is 16.8. The van der Waals surface area contributed by atoms with E-state index < -0.39 is 22.2 Å². The van der Waals surface area contributed by atoms with Crippen molar-refractivity contribution in [3.8, 4) is 11.3 Å². The number of rotatable bonds is 3. The van der Waals surface area contributed by atoms with Gasteiger partial charge in [0, 0.05) is 29.8 Å². The molecule has 0 unspecified atom stereocenters. The Labute approximate surface area is 183 Å². The van der Waals surface area contributed by atoms with Crippen LogP contribution >= 0.6 is 0 Å². The molecule has 2 aromatic carbocycles. The molecule has 0 fully saturated rings. The number of nitro groups is 1. The van der Waals surface area contributed by atoms with Gasteiger partial charge in [0.2, 0.25) is 0 Å². The summed E-state index contributed by atoms with van der Waals surface area (Å²) in [5.41, 5.74) is 0.00733. The lowest BCUT2D eigenvalue weighted by atomic mass is 10.1. The summed E-state index contributed by atoms with van der Waals surface area (Å²) in [6, 6.07) is 12.2. The predicted molar refractivity (Wildman–Crippen MR) is 114 cm³/mol. The van der Waals surface area contributed by atoms with Crippen LogP contribution in [0.5, 0.6) is 0 Å². The number of nitrogens with zero attached hydrogens (tertiary/aromatic N) is 3. The number of halogens is 3. The second-order valence-electron chi connectivity index (χ2n) is 7.55. The van der Waals surface area contributed by atoms with E-state index >= 15 is 0 Å². The topological polar surface area (TPSA) is 91.2 Å². The van der Waals surface area contributed by atoms with E-state index in [4.69, 9.17) is 4.42 Å². The van der Waals surface area contributed by atoms with Gasteiger partial charge in [0.05, 0.1) is 21.4 Å². The third-order valence-electron chi connectivity index (χ3n) is 5.48. The summed E-state index contributed by atoms with van der Waals surface area (Å²) in [7, 11) is 0. The van der Waals surface area contributed by atoms with Gasteiger partial charge in [-0.3, -0.25) is 19.5 Å². The van der Waals surface area contributed by atoms with Crippen molar-refractivity contribution in [3.63, 3.8) is 0 Å². The predicted octanol–water partition coefficient (Wildman–Crippen LogP) is 5.53. The maximum Gasteiger partial charge on any atom is 0.416 e. The summed E-state index contributed by atoms with van der Waals surface area (Å²) < 4.78 is 46.5. The number of nitro benzene ring substituents is 1. The van der Waals surface area contributed by atoms with Crippen LogP contribution in [0.15, 0.2) is 63.8 Å². The number of aromatic nitrogens is 2. The molecule has 3 heterocycles. The molecule has 1 aliphatic rings. The van der Waals surface area contributed by atoms with E-state index in [-0.39, 0.29) is 16.6 Å². The second-order valence-corrected chi connectivity index (χ2v) is 7.55. The van der Waals surface area contributed by atoms with Gasteiger partial charge in [-0.25, -0.2) is 4.98 Å². The normalized spacial score (nSPS) is 14.7. The molecule has 10 heteroatoms. The number of allylic oxidation sites excluding steroid dienone is 1. The van der Waals surface area contributed by atoms with Gasteiger partial charge in [-0.2, -0.15) is 13.2 Å². The van der Waals surface area contributed by atoms with Crippen LogP contribution in [0.2, 0.25) is 0 Å². The van der Waals surface area contributed by atoms with Crippen LogP contribution in [0.1, 0.15) is 23.6 Å². The van der Waals surface area contributed by atoms with Gasteiger partial charge in [-0.05, 0) is 55.0 Å². The number of fused-ring (bicyclic) bond motifs is 2. The van der Waals surface area contributed by atoms with Crippen LogP contribution in [0.3, 0.4) is 0 Å². The number of hydrogen-bond acceptors (Lipinski definition) is 5. The van der Waals surface area contributed by atoms with Gasteiger partial charge in [0.25, 0.3) is 11.2 Å². The molecule has 0 N–H and O–H groups in total. The average Bonchev–Trinajstić information content (AvgIpc) is 3.41. The fraction of sp³-hybridized carbons (Fsp3) is 0.130. The fourth-order valence-corrected chi connectivity index (χ4v) is 3.84. The molecule has 2 aromatic heterocycles. The van der Waals surface area contributed by atoms with Gasteiger partial charge < -0.3 is 4.42 Å². The standard InChI is InChI=1S/C23H14F3N3O4/c24-23(25,26)15-3-7-18-19(12-15)27-21-14(9-10-28(21)22(18)30)11-17-6-8-20(33-17)13-1-4-16(5-2-13)29(31)32/h1-8,11-12H,9-10H2/b14-11+. The van der Waals surface area contributed by atoms with Crippen LogP contribution in [0.4, 0.5) is 18.9 Å². The molecular formula is C23H14F3N3O4. The maximum absolute atomic E-state index is 13.1.